The van der Waals surface area contributed by atoms with Crippen molar-refractivity contribution >= 4 is 40.7 Å². The van der Waals surface area contributed by atoms with E-state index in [1.807, 2.05) is 24.1 Å². The molecule has 1 aromatic heterocycles. The SMILES string of the molecule is CCNC(=NCCc1ccc2ccccc2c1)N1CCOC(c2cnn(C)c2)C1.I. The second-order valence-corrected chi connectivity index (χ2v) is 7.42. The molecule has 1 unspecified atom stereocenters. The molecule has 0 spiro atoms. The monoisotopic (exact) mass is 519 g/mol. The molecule has 4 rings (SSSR count). The molecule has 1 aliphatic rings. The molecule has 0 radical (unpaired) electrons. The molecule has 2 aromatic carbocycles. The van der Waals surface area contributed by atoms with Gasteiger partial charge in [-0.1, -0.05) is 42.5 Å². The van der Waals surface area contributed by atoms with Crippen LogP contribution in [0.15, 0.2) is 59.9 Å². The Morgan fingerprint density at radius 3 is 2.83 bits per heavy atom. The largest absolute Gasteiger partial charge is 0.370 e. The van der Waals surface area contributed by atoms with Crippen molar-refractivity contribution in [2.75, 3.05) is 32.8 Å². The maximum atomic E-state index is 5.97. The highest BCUT2D eigenvalue weighted by atomic mass is 127. The lowest BCUT2D eigenvalue weighted by molar-refractivity contribution is -0.00803. The molecule has 0 bridgehead atoms. The molecule has 3 aromatic rings. The number of benzene rings is 2. The molecule has 2 heterocycles. The Hall–Kier alpha value is -2.13. The minimum absolute atomic E-state index is 0. The number of aliphatic imine (C=N–C) groups is 1. The Kier molecular flexibility index (Phi) is 8.09. The standard InChI is InChI=1S/C23H29N5O.HI/c1-3-24-23(28-12-13-29-22(17-28)21-15-26-27(2)16-21)25-11-10-18-8-9-19-6-4-5-7-20(19)14-18;/h4-9,14-16,22H,3,10-13,17H2,1-2H3,(H,24,25);1H. The first kappa shape index (κ1) is 22.6. The Labute approximate surface area is 195 Å². The van der Waals surface area contributed by atoms with Crippen LogP contribution in [0.1, 0.15) is 24.2 Å². The minimum atomic E-state index is 0. The summed E-state index contributed by atoms with van der Waals surface area (Å²) in [6.07, 6.45) is 4.87. The van der Waals surface area contributed by atoms with Gasteiger partial charge >= 0.3 is 0 Å². The molecular formula is C23H30IN5O. The lowest BCUT2D eigenvalue weighted by Crippen LogP contribution is -2.48. The van der Waals surface area contributed by atoms with E-state index in [0.717, 1.165) is 44.1 Å². The predicted octanol–water partition coefficient (Wildman–Crippen LogP) is 3.77. The number of aromatic nitrogens is 2. The Bertz CT molecular complexity index is 986. The van der Waals surface area contributed by atoms with E-state index < -0.39 is 0 Å². The number of hydrogen-bond acceptors (Lipinski definition) is 3. The van der Waals surface area contributed by atoms with Crippen molar-refractivity contribution in [3.8, 4) is 0 Å². The molecule has 0 amide bonds. The van der Waals surface area contributed by atoms with Crippen LogP contribution in [0.3, 0.4) is 0 Å². The van der Waals surface area contributed by atoms with Gasteiger partial charge in [0.1, 0.15) is 6.10 Å². The maximum Gasteiger partial charge on any atom is 0.194 e. The molecule has 0 aliphatic carbocycles. The summed E-state index contributed by atoms with van der Waals surface area (Å²) < 4.78 is 7.79. The predicted molar refractivity (Wildman–Crippen MR) is 133 cm³/mol. The van der Waals surface area contributed by atoms with Crippen LogP contribution >= 0.6 is 24.0 Å². The van der Waals surface area contributed by atoms with Crippen molar-refractivity contribution in [1.29, 1.82) is 0 Å². The van der Waals surface area contributed by atoms with Crippen molar-refractivity contribution in [3.63, 3.8) is 0 Å². The molecule has 1 aliphatic heterocycles. The lowest BCUT2D eigenvalue weighted by Gasteiger charge is -2.34. The van der Waals surface area contributed by atoms with Crippen molar-refractivity contribution in [1.82, 2.24) is 20.0 Å². The van der Waals surface area contributed by atoms with Gasteiger partial charge in [0.05, 0.1) is 19.3 Å². The lowest BCUT2D eigenvalue weighted by atomic mass is 10.1. The van der Waals surface area contributed by atoms with Gasteiger partial charge in [0.15, 0.2) is 5.96 Å². The second-order valence-electron chi connectivity index (χ2n) is 7.42. The number of nitrogens with one attached hydrogen (secondary N) is 1. The van der Waals surface area contributed by atoms with Gasteiger partial charge in [-0.15, -0.1) is 24.0 Å². The first-order chi connectivity index (χ1) is 14.2. The maximum absolute atomic E-state index is 5.97. The third-order valence-electron chi connectivity index (χ3n) is 5.27. The van der Waals surface area contributed by atoms with E-state index in [2.05, 4.69) is 64.7 Å². The zero-order chi connectivity index (χ0) is 20.1. The highest BCUT2D eigenvalue weighted by Crippen LogP contribution is 2.21. The Morgan fingerprint density at radius 2 is 2.07 bits per heavy atom. The highest BCUT2D eigenvalue weighted by molar-refractivity contribution is 14.0. The molecular weight excluding hydrogens is 489 g/mol. The van der Waals surface area contributed by atoms with Crippen LogP contribution < -0.4 is 5.32 Å². The number of nitrogens with zero attached hydrogens (tertiary/aromatic N) is 4. The van der Waals surface area contributed by atoms with E-state index >= 15 is 0 Å². The zero-order valence-electron chi connectivity index (χ0n) is 17.6. The first-order valence-corrected chi connectivity index (χ1v) is 10.3. The number of hydrogen-bond donors (Lipinski definition) is 1. The van der Waals surface area contributed by atoms with Gasteiger partial charge in [0.25, 0.3) is 0 Å². The molecule has 1 N–H and O–H groups in total. The van der Waals surface area contributed by atoms with Gasteiger partial charge in [-0.25, -0.2) is 0 Å². The van der Waals surface area contributed by atoms with Crippen LogP contribution in [-0.4, -0.2) is 53.4 Å². The summed E-state index contributed by atoms with van der Waals surface area (Å²) >= 11 is 0. The molecule has 1 atom stereocenters. The number of halogens is 1. The molecule has 6 nitrogen and oxygen atoms in total. The average Bonchev–Trinajstić information content (AvgIpc) is 3.19. The Morgan fingerprint density at radius 1 is 1.23 bits per heavy atom. The fraction of sp³-hybridized carbons (Fsp3) is 0.391. The highest BCUT2D eigenvalue weighted by Gasteiger charge is 2.25. The number of ether oxygens (including phenoxy) is 1. The van der Waals surface area contributed by atoms with Crippen molar-refractivity contribution in [2.45, 2.75) is 19.4 Å². The van der Waals surface area contributed by atoms with E-state index in [1.54, 1.807) is 0 Å². The number of fused-ring (bicyclic) bond motifs is 1. The summed E-state index contributed by atoms with van der Waals surface area (Å²) in [5.74, 6) is 0.963. The van der Waals surface area contributed by atoms with Crippen LogP contribution in [0.25, 0.3) is 10.8 Å². The summed E-state index contributed by atoms with van der Waals surface area (Å²) in [6.45, 7) is 6.04. The summed E-state index contributed by atoms with van der Waals surface area (Å²) in [4.78, 5) is 7.20. The number of guanidine groups is 1. The number of morpholine rings is 1. The summed E-state index contributed by atoms with van der Waals surface area (Å²) in [5, 5.41) is 10.3. The second kappa shape index (κ2) is 10.8. The smallest absolute Gasteiger partial charge is 0.194 e. The number of aryl methyl sites for hydroxylation is 1. The quantitative estimate of drug-likeness (QED) is 0.317. The van der Waals surface area contributed by atoms with E-state index in [-0.39, 0.29) is 30.1 Å². The first-order valence-electron chi connectivity index (χ1n) is 10.3. The third kappa shape index (κ3) is 5.51. The van der Waals surface area contributed by atoms with Crippen LogP contribution in [0, 0.1) is 0 Å². The van der Waals surface area contributed by atoms with E-state index in [9.17, 15) is 0 Å². The van der Waals surface area contributed by atoms with E-state index in [0.29, 0.717) is 6.61 Å². The normalized spacial score (nSPS) is 17.1. The fourth-order valence-corrected chi connectivity index (χ4v) is 3.76. The fourth-order valence-electron chi connectivity index (χ4n) is 3.76. The third-order valence-corrected chi connectivity index (χ3v) is 5.27. The van der Waals surface area contributed by atoms with Gasteiger partial charge in [-0.2, -0.15) is 5.10 Å². The number of rotatable bonds is 5. The van der Waals surface area contributed by atoms with Gasteiger partial charge < -0.3 is 15.0 Å². The van der Waals surface area contributed by atoms with Gasteiger partial charge in [0.2, 0.25) is 0 Å². The van der Waals surface area contributed by atoms with Crippen LogP contribution in [0.2, 0.25) is 0 Å². The zero-order valence-corrected chi connectivity index (χ0v) is 20.0. The van der Waals surface area contributed by atoms with Crippen molar-refractivity contribution < 1.29 is 4.74 Å². The molecule has 1 saturated heterocycles. The minimum Gasteiger partial charge on any atom is -0.370 e. The molecule has 0 saturated carbocycles. The average molecular weight is 519 g/mol. The van der Waals surface area contributed by atoms with Gasteiger partial charge in [-0.3, -0.25) is 9.67 Å². The molecule has 30 heavy (non-hydrogen) atoms. The molecule has 1 fully saturated rings. The van der Waals surface area contributed by atoms with Crippen LogP contribution in [0.4, 0.5) is 0 Å². The van der Waals surface area contributed by atoms with E-state index in [1.165, 1.54) is 16.3 Å². The molecule has 7 heteroatoms. The van der Waals surface area contributed by atoms with Crippen LogP contribution in [0.5, 0.6) is 0 Å². The summed E-state index contributed by atoms with van der Waals surface area (Å²) in [7, 11) is 1.93. The van der Waals surface area contributed by atoms with Gasteiger partial charge in [0, 0.05) is 38.4 Å². The molecule has 160 valence electrons. The summed E-state index contributed by atoms with van der Waals surface area (Å²) in [5.41, 5.74) is 2.43. The topological polar surface area (TPSA) is 54.7 Å². The summed E-state index contributed by atoms with van der Waals surface area (Å²) in [6, 6.07) is 15.2. The van der Waals surface area contributed by atoms with Crippen molar-refractivity contribution in [2.24, 2.45) is 12.0 Å². The van der Waals surface area contributed by atoms with Crippen molar-refractivity contribution in [3.05, 3.63) is 66.0 Å². The van der Waals surface area contributed by atoms with Gasteiger partial charge in [-0.05, 0) is 29.7 Å². The van der Waals surface area contributed by atoms with E-state index in [4.69, 9.17) is 9.73 Å². The van der Waals surface area contributed by atoms with Crippen LogP contribution in [-0.2, 0) is 18.2 Å². The Balaban J connectivity index is 0.00000256.